The van der Waals surface area contributed by atoms with E-state index in [1.807, 2.05) is 0 Å². The number of carboxylic acids is 1. The molecule has 0 saturated carbocycles. The van der Waals surface area contributed by atoms with Gasteiger partial charge in [0.15, 0.2) is 5.75 Å². The topological polar surface area (TPSA) is 72.5 Å². The smallest absolute Gasteiger partial charge is 0.340 e. The number of benzene rings is 1. The van der Waals surface area contributed by atoms with Crippen molar-refractivity contribution >= 4 is 27.6 Å². The highest BCUT2D eigenvalue weighted by Crippen LogP contribution is 2.32. The molecule has 0 saturated heterocycles. The lowest BCUT2D eigenvalue weighted by Gasteiger charge is -2.08. The predicted octanol–water partition coefficient (Wildman–Crippen LogP) is 1.74. The van der Waals surface area contributed by atoms with Gasteiger partial charge in [0, 0.05) is 4.47 Å². The Morgan fingerprint density at radius 1 is 1.62 bits per heavy atom. The number of carboxylic acid groups (broad SMARTS) is 1. The molecule has 5 heteroatoms. The Labute approximate surface area is 83.4 Å². The number of carbonyl (C=O) groups is 1. The van der Waals surface area contributed by atoms with Crippen LogP contribution in [0.25, 0.3) is 0 Å². The molecule has 0 aliphatic heterocycles. The summed E-state index contributed by atoms with van der Waals surface area (Å²) in [4.78, 5) is 10.8. The van der Waals surface area contributed by atoms with Crippen molar-refractivity contribution in [3.8, 4) is 5.75 Å². The number of nitrogens with two attached hydrogens (primary N) is 1. The molecule has 0 aromatic heterocycles. The van der Waals surface area contributed by atoms with E-state index in [-0.39, 0.29) is 11.3 Å². The van der Waals surface area contributed by atoms with E-state index in [1.54, 1.807) is 12.1 Å². The molecule has 0 heterocycles. The normalized spacial score (nSPS) is 9.69. The molecular formula is C8H8BrNO3. The Balaban J connectivity index is 3.43. The third-order valence-corrected chi connectivity index (χ3v) is 2.22. The van der Waals surface area contributed by atoms with Gasteiger partial charge in [-0.2, -0.15) is 0 Å². The van der Waals surface area contributed by atoms with Crippen LogP contribution in [0.5, 0.6) is 5.75 Å². The van der Waals surface area contributed by atoms with Gasteiger partial charge in [-0.15, -0.1) is 0 Å². The molecule has 1 aromatic rings. The molecular weight excluding hydrogens is 238 g/mol. The number of ether oxygens (including phenoxy) is 1. The second-order valence-electron chi connectivity index (χ2n) is 2.35. The van der Waals surface area contributed by atoms with Gasteiger partial charge >= 0.3 is 5.97 Å². The maximum absolute atomic E-state index is 10.8. The average Bonchev–Trinajstić information content (AvgIpc) is 2.07. The van der Waals surface area contributed by atoms with Gasteiger partial charge in [-0.25, -0.2) is 4.79 Å². The highest BCUT2D eigenvalue weighted by atomic mass is 79.9. The highest BCUT2D eigenvalue weighted by molar-refractivity contribution is 9.10. The quantitative estimate of drug-likeness (QED) is 0.779. The zero-order valence-electron chi connectivity index (χ0n) is 6.87. The molecule has 0 unspecified atom stereocenters. The summed E-state index contributed by atoms with van der Waals surface area (Å²) in [5, 5.41) is 8.84. The fourth-order valence-electron chi connectivity index (χ4n) is 0.994. The third-order valence-electron chi connectivity index (χ3n) is 1.56. The van der Waals surface area contributed by atoms with Gasteiger partial charge < -0.3 is 15.6 Å². The average molecular weight is 246 g/mol. The maximum Gasteiger partial charge on any atom is 0.340 e. The molecule has 4 nitrogen and oxygen atoms in total. The van der Waals surface area contributed by atoms with Crippen molar-refractivity contribution in [1.82, 2.24) is 0 Å². The first-order valence-corrected chi connectivity index (χ1v) is 4.22. The molecule has 0 bridgehead atoms. The van der Waals surface area contributed by atoms with E-state index >= 15 is 0 Å². The van der Waals surface area contributed by atoms with Crippen molar-refractivity contribution < 1.29 is 14.6 Å². The molecule has 0 fully saturated rings. The summed E-state index contributed by atoms with van der Waals surface area (Å²) in [6.45, 7) is 0. The van der Waals surface area contributed by atoms with Crippen LogP contribution in [-0.4, -0.2) is 18.2 Å². The Bertz CT molecular complexity index is 351. The fourth-order valence-corrected chi connectivity index (χ4v) is 1.48. The summed E-state index contributed by atoms with van der Waals surface area (Å²) in [5.74, 6) is -0.891. The summed E-state index contributed by atoms with van der Waals surface area (Å²) in [5.41, 5.74) is 5.88. The van der Waals surface area contributed by atoms with E-state index < -0.39 is 5.97 Å². The molecule has 70 valence electrons. The first-order chi connectivity index (χ1) is 6.07. The van der Waals surface area contributed by atoms with E-state index in [1.165, 1.54) is 7.11 Å². The minimum Gasteiger partial charge on any atom is -0.494 e. The van der Waals surface area contributed by atoms with Crippen molar-refractivity contribution in [2.24, 2.45) is 0 Å². The van der Waals surface area contributed by atoms with E-state index in [0.29, 0.717) is 10.2 Å². The number of halogens is 1. The van der Waals surface area contributed by atoms with Crippen LogP contribution >= 0.6 is 15.9 Å². The van der Waals surface area contributed by atoms with E-state index in [0.717, 1.165) is 0 Å². The summed E-state index contributed by atoms with van der Waals surface area (Å²) in [6, 6.07) is 3.15. The van der Waals surface area contributed by atoms with Gasteiger partial charge in [0.05, 0.1) is 12.8 Å². The molecule has 0 radical (unpaired) electrons. The van der Waals surface area contributed by atoms with Crippen LogP contribution in [0.15, 0.2) is 16.6 Å². The van der Waals surface area contributed by atoms with Gasteiger partial charge in [-0.3, -0.25) is 0 Å². The fraction of sp³-hybridized carbons (Fsp3) is 0.125. The molecule has 13 heavy (non-hydrogen) atoms. The number of anilines is 1. The van der Waals surface area contributed by atoms with Gasteiger partial charge in [-0.1, -0.05) is 0 Å². The summed E-state index contributed by atoms with van der Waals surface area (Å²) in [7, 11) is 1.38. The lowest BCUT2D eigenvalue weighted by atomic mass is 10.2. The van der Waals surface area contributed by atoms with Crippen molar-refractivity contribution in [2.75, 3.05) is 12.8 Å². The second kappa shape index (κ2) is 3.66. The number of hydrogen-bond donors (Lipinski definition) is 2. The highest BCUT2D eigenvalue weighted by Gasteiger charge is 2.17. The number of methoxy groups -OCH3 is 1. The minimum atomic E-state index is -1.07. The van der Waals surface area contributed by atoms with Crippen LogP contribution in [0.1, 0.15) is 10.4 Å². The van der Waals surface area contributed by atoms with Crippen molar-refractivity contribution in [3.63, 3.8) is 0 Å². The van der Waals surface area contributed by atoms with E-state index in [4.69, 9.17) is 15.6 Å². The summed E-state index contributed by atoms with van der Waals surface area (Å²) in [6.07, 6.45) is 0. The molecule has 0 spiro atoms. The Kier molecular flexibility index (Phi) is 2.77. The first-order valence-electron chi connectivity index (χ1n) is 3.43. The summed E-state index contributed by atoms with van der Waals surface area (Å²) >= 11 is 3.11. The summed E-state index contributed by atoms with van der Waals surface area (Å²) < 4.78 is 5.33. The Morgan fingerprint density at radius 3 is 2.62 bits per heavy atom. The van der Waals surface area contributed by atoms with Gasteiger partial charge in [0.1, 0.15) is 5.56 Å². The molecule has 0 aliphatic carbocycles. The van der Waals surface area contributed by atoms with Gasteiger partial charge in [0.2, 0.25) is 0 Å². The number of aromatic carboxylic acids is 1. The zero-order valence-corrected chi connectivity index (χ0v) is 8.46. The van der Waals surface area contributed by atoms with Crippen LogP contribution in [-0.2, 0) is 0 Å². The first kappa shape index (κ1) is 9.85. The van der Waals surface area contributed by atoms with E-state index in [9.17, 15) is 4.79 Å². The van der Waals surface area contributed by atoms with Crippen LogP contribution < -0.4 is 10.5 Å². The largest absolute Gasteiger partial charge is 0.494 e. The van der Waals surface area contributed by atoms with Gasteiger partial charge in [-0.05, 0) is 28.1 Å². The SMILES string of the molecule is COc1c(N)ccc(Br)c1C(=O)O. The number of nitrogen functional groups attached to an aromatic ring is 1. The molecule has 3 N–H and O–H groups in total. The Morgan fingerprint density at radius 2 is 2.23 bits per heavy atom. The van der Waals surface area contributed by atoms with E-state index in [2.05, 4.69) is 15.9 Å². The molecule has 1 rings (SSSR count). The molecule has 0 aliphatic rings. The Hall–Kier alpha value is -1.23. The van der Waals surface area contributed by atoms with Crippen LogP contribution in [0, 0.1) is 0 Å². The van der Waals surface area contributed by atoms with Crippen LogP contribution in [0.3, 0.4) is 0 Å². The lowest BCUT2D eigenvalue weighted by Crippen LogP contribution is -2.04. The number of rotatable bonds is 2. The third kappa shape index (κ3) is 1.75. The lowest BCUT2D eigenvalue weighted by molar-refractivity contribution is 0.0692. The van der Waals surface area contributed by atoms with Crippen molar-refractivity contribution in [1.29, 1.82) is 0 Å². The molecule has 0 atom stereocenters. The van der Waals surface area contributed by atoms with Crippen LogP contribution in [0.4, 0.5) is 5.69 Å². The van der Waals surface area contributed by atoms with Crippen molar-refractivity contribution in [2.45, 2.75) is 0 Å². The maximum atomic E-state index is 10.8. The standard InChI is InChI=1S/C8H8BrNO3/c1-13-7-5(10)3-2-4(9)6(7)8(11)12/h2-3H,10H2,1H3,(H,11,12). The number of hydrogen-bond acceptors (Lipinski definition) is 3. The second-order valence-corrected chi connectivity index (χ2v) is 3.20. The van der Waals surface area contributed by atoms with Crippen LogP contribution in [0.2, 0.25) is 0 Å². The van der Waals surface area contributed by atoms with Gasteiger partial charge in [0.25, 0.3) is 0 Å². The van der Waals surface area contributed by atoms with Crippen molar-refractivity contribution in [3.05, 3.63) is 22.2 Å². The monoisotopic (exact) mass is 245 g/mol. The predicted molar refractivity (Wildman–Crippen MR) is 52.1 cm³/mol. The molecule has 1 aromatic carbocycles. The zero-order chi connectivity index (χ0) is 10.0. The minimum absolute atomic E-state index is 0.0440. The molecule has 0 amide bonds.